The van der Waals surface area contributed by atoms with Gasteiger partial charge in [-0.15, -0.1) is 0 Å². The summed E-state index contributed by atoms with van der Waals surface area (Å²) in [6.45, 7) is 5.21. The lowest BCUT2D eigenvalue weighted by Gasteiger charge is -2.26. The van der Waals surface area contributed by atoms with Gasteiger partial charge in [-0.25, -0.2) is 0 Å². The molecule has 1 aliphatic carbocycles. The first kappa shape index (κ1) is 13.1. The van der Waals surface area contributed by atoms with E-state index < -0.39 is 0 Å². The molecule has 0 amide bonds. The number of ether oxygens (including phenoxy) is 1. The summed E-state index contributed by atoms with van der Waals surface area (Å²) in [5.41, 5.74) is 3.15. The van der Waals surface area contributed by atoms with E-state index >= 15 is 0 Å². The number of nitrogens with one attached hydrogen (secondary N) is 1. The van der Waals surface area contributed by atoms with E-state index in [4.69, 9.17) is 4.74 Å². The summed E-state index contributed by atoms with van der Waals surface area (Å²) in [4.78, 5) is 0. The average Bonchev–Trinajstić information content (AvgIpc) is 2.81. The highest BCUT2D eigenvalue weighted by Gasteiger charge is 2.36. The first-order valence-electron chi connectivity index (χ1n) is 7.72. The Morgan fingerprint density at radius 2 is 1.95 bits per heavy atom. The van der Waals surface area contributed by atoms with Crippen molar-refractivity contribution in [3.8, 4) is 0 Å². The third-order valence-electron chi connectivity index (χ3n) is 4.84. The van der Waals surface area contributed by atoms with Crippen molar-refractivity contribution in [3.63, 3.8) is 0 Å². The Balaban J connectivity index is 1.68. The normalized spacial score (nSPS) is 26.5. The number of hydrogen-bond donors (Lipinski definition) is 1. The van der Waals surface area contributed by atoms with E-state index in [1.165, 1.54) is 36.8 Å². The minimum Gasteiger partial charge on any atom is -0.372 e. The van der Waals surface area contributed by atoms with Crippen LogP contribution in [0.15, 0.2) is 24.3 Å². The van der Waals surface area contributed by atoms with E-state index in [1.54, 1.807) is 0 Å². The molecule has 1 aromatic carbocycles. The highest BCUT2D eigenvalue weighted by molar-refractivity contribution is 5.24. The van der Waals surface area contributed by atoms with Crippen molar-refractivity contribution < 1.29 is 4.74 Å². The summed E-state index contributed by atoms with van der Waals surface area (Å²) >= 11 is 0. The quantitative estimate of drug-likeness (QED) is 0.878. The van der Waals surface area contributed by atoms with Crippen molar-refractivity contribution in [2.45, 2.75) is 45.1 Å². The second kappa shape index (κ2) is 5.64. The second-order valence-electron chi connectivity index (χ2n) is 6.23. The van der Waals surface area contributed by atoms with Gasteiger partial charge in [0.05, 0.1) is 12.7 Å². The average molecular weight is 259 g/mol. The molecule has 2 nitrogen and oxygen atoms in total. The third kappa shape index (κ3) is 2.85. The smallest absolute Gasteiger partial charge is 0.0949 e. The number of aryl methyl sites for hydroxylation is 1. The molecule has 1 aromatic rings. The maximum atomic E-state index is 6.24. The van der Waals surface area contributed by atoms with Crippen LogP contribution in [0.1, 0.15) is 49.8 Å². The fraction of sp³-hybridized carbons (Fsp3) is 0.647. The fourth-order valence-corrected chi connectivity index (χ4v) is 3.48. The van der Waals surface area contributed by atoms with Crippen LogP contribution < -0.4 is 5.32 Å². The van der Waals surface area contributed by atoms with Crippen LogP contribution in [-0.4, -0.2) is 19.7 Å². The molecular weight excluding hydrogens is 234 g/mol. The van der Waals surface area contributed by atoms with Gasteiger partial charge in [-0.3, -0.25) is 0 Å². The summed E-state index contributed by atoms with van der Waals surface area (Å²) in [5, 5.41) is 3.63. The Bertz CT molecular complexity index is 406. The van der Waals surface area contributed by atoms with Crippen molar-refractivity contribution in [1.29, 1.82) is 0 Å². The van der Waals surface area contributed by atoms with Crippen LogP contribution in [0.5, 0.6) is 0 Å². The molecule has 0 radical (unpaired) electrons. The summed E-state index contributed by atoms with van der Waals surface area (Å²) in [6, 6.07) is 8.93. The molecule has 1 N–H and O–H groups in total. The number of benzene rings is 1. The Hall–Kier alpha value is -0.860. The zero-order valence-corrected chi connectivity index (χ0v) is 12.0. The van der Waals surface area contributed by atoms with Gasteiger partial charge in [0.1, 0.15) is 0 Å². The second-order valence-corrected chi connectivity index (χ2v) is 6.23. The Morgan fingerprint density at radius 1 is 1.21 bits per heavy atom. The summed E-state index contributed by atoms with van der Waals surface area (Å²) in [5.74, 6) is 0. The molecular formula is C17H25NO. The first-order chi connectivity index (χ1) is 9.31. The van der Waals surface area contributed by atoms with Crippen LogP contribution in [0.2, 0.25) is 0 Å². The monoisotopic (exact) mass is 259 g/mol. The molecule has 1 heterocycles. The molecule has 2 fully saturated rings. The van der Waals surface area contributed by atoms with E-state index in [-0.39, 0.29) is 6.10 Å². The molecule has 1 spiro atoms. The van der Waals surface area contributed by atoms with E-state index in [1.807, 2.05) is 0 Å². The van der Waals surface area contributed by atoms with Gasteiger partial charge in [-0.2, -0.15) is 0 Å². The van der Waals surface area contributed by atoms with E-state index in [9.17, 15) is 0 Å². The van der Waals surface area contributed by atoms with Gasteiger partial charge >= 0.3 is 0 Å². The molecule has 2 aliphatic rings. The molecule has 1 saturated carbocycles. The van der Waals surface area contributed by atoms with Crippen LogP contribution in [0.4, 0.5) is 0 Å². The summed E-state index contributed by atoms with van der Waals surface area (Å²) in [7, 11) is 0. The molecule has 1 aliphatic heterocycles. The van der Waals surface area contributed by atoms with Gasteiger partial charge in [0.15, 0.2) is 0 Å². The molecule has 19 heavy (non-hydrogen) atoms. The molecule has 1 unspecified atom stereocenters. The summed E-state index contributed by atoms with van der Waals surface area (Å²) < 4.78 is 6.24. The van der Waals surface area contributed by atoms with E-state index in [2.05, 4.69) is 36.5 Å². The fourth-order valence-electron chi connectivity index (χ4n) is 3.48. The highest BCUT2D eigenvalue weighted by atomic mass is 16.5. The SMILES string of the molecule is CCc1ccc(C2CNCC3(CCCC3)CO2)cc1. The standard InChI is InChI=1S/C17H25NO/c1-2-14-5-7-15(8-6-14)16-11-18-12-17(13-19-16)9-3-4-10-17/h5-8,16,18H,2-4,9-13H2,1H3. The molecule has 104 valence electrons. The topological polar surface area (TPSA) is 21.3 Å². The van der Waals surface area contributed by atoms with Crippen molar-refractivity contribution in [2.24, 2.45) is 5.41 Å². The third-order valence-corrected chi connectivity index (χ3v) is 4.84. The van der Waals surface area contributed by atoms with Gasteiger partial charge < -0.3 is 10.1 Å². The first-order valence-corrected chi connectivity index (χ1v) is 7.72. The number of rotatable bonds is 2. The zero-order valence-electron chi connectivity index (χ0n) is 12.0. The zero-order chi connectivity index (χ0) is 13.1. The molecule has 2 heteroatoms. The van der Waals surface area contributed by atoms with Gasteiger partial charge in [0.2, 0.25) is 0 Å². The predicted molar refractivity (Wildman–Crippen MR) is 78.3 cm³/mol. The van der Waals surface area contributed by atoms with Crippen LogP contribution in [0, 0.1) is 5.41 Å². The van der Waals surface area contributed by atoms with Crippen molar-refractivity contribution >= 4 is 0 Å². The highest BCUT2D eigenvalue weighted by Crippen LogP contribution is 2.40. The van der Waals surface area contributed by atoms with Gasteiger partial charge in [-0.1, -0.05) is 44.0 Å². The van der Waals surface area contributed by atoms with Gasteiger partial charge in [-0.05, 0) is 30.4 Å². The van der Waals surface area contributed by atoms with E-state index in [0.29, 0.717) is 5.41 Å². The maximum Gasteiger partial charge on any atom is 0.0949 e. The molecule has 0 bridgehead atoms. The van der Waals surface area contributed by atoms with Crippen molar-refractivity contribution in [2.75, 3.05) is 19.7 Å². The molecule has 3 rings (SSSR count). The van der Waals surface area contributed by atoms with Crippen LogP contribution in [0.3, 0.4) is 0 Å². The van der Waals surface area contributed by atoms with Crippen LogP contribution in [-0.2, 0) is 11.2 Å². The predicted octanol–water partition coefficient (Wildman–Crippen LogP) is 3.47. The largest absolute Gasteiger partial charge is 0.372 e. The van der Waals surface area contributed by atoms with Crippen molar-refractivity contribution in [1.82, 2.24) is 5.32 Å². The minimum atomic E-state index is 0.228. The molecule has 1 saturated heterocycles. The minimum absolute atomic E-state index is 0.228. The summed E-state index contributed by atoms with van der Waals surface area (Å²) in [6.07, 6.45) is 6.75. The van der Waals surface area contributed by atoms with Crippen LogP contribution in [0.25, 0.3) is 0 Å². The Kier molecular flexibility index (Phi) is 3.90. The molecule has 1 atom stereocenters. The van der Waals surface area contributed by atoms with Crippen LogP contribution >= 0.6 is 0 Å². The lowest BCUT2D eigenvalue weighted by atomic mass is 9.87. The van der Waals surface area contributed by atoms with E-state index in [0.717, 1.165) is 26.1 Å². The van der Waals surface area contributed by atoms with Gasteiger partial charge in [0.25, 0.3) is 0 Å². The van der Waals surface area contributed by atoms with Crippen molar-refractivity contribution in [3.05, 3.63) is 35.4 Å². The lowest BCUT2D eigenvalue weighted by molar-refractivity contribution is 0.0158. The Morgan fingerprint density at radius 3 is 2.63 bits per heavy atom. The maximum absolute atomic E-state index is 6.24. The lowest BCUT2D eigenvalue weighted by Crippen LogP contribution is -2.32. The number of hydrogen-bond acceptors (Lipinski definition) is 2. The molecule has 0 aromatic heterocycles. The van der Waals surface area contributed by atoms with Gasteiger partial charge in [0, 0.05) is 18.5 Å². The Labute approximate surface area is 116 Å².